The van der Waals surface area contributed by atoms with Crippen LogP contribution in [0.3, 0.4) is 0 Å². The molecule has 3 heteroatoms. The monoisotopic (exact) mass is 221 g/mol. The van der Waals surface area contributed by atoms with E-state index in [0.29, 0.717) is 0 Å². The van der Waals surface area contributed by atoms with Crippen LogP contribution in [0.1, 0.15) is 10.6 Å². The largest absolute Gasteiger partial charge is 0.235 e. The second kappa shape index (κ2) is 4.15. The van der Waals surface area contributed by atoms with Crippen LogP contribution in [0.25, 0.3) is 0 Å². The lowest BCUT2D eigenvalue weighted by Gasteiger charge is -1.97. The topological polar surface area (TPSA) is 12.9 Å². The Bertz CT molecular complexity index is 417. The van der Waals surface area contributed by atoms with E-state index < -0.39 is 0 Å². The van der Waals surface area contributed by atoms with Crippen molar-refractivity contribution >= 4 is 23.1 Å². The van der Waals surface area contributed by atoms with Crippen LogP contribution in [0, 0.1) is 13.8 Å². The Morgan fingerprint density at radius 2 is 1.86 bits per heavy atom. The van der Waals surface area contributed by atoms with Gasteiger partial charge in [0.15, 0.2) is 0 Å². The van der Waals surface area contributed by atoms with Gasteiger partial charge in [-0.3, -0.25) is 0 Å². The predicted molar refractivity (Wildman–Crippen MR) is 62.2 cm³/mol. The summed E-state index contributed by atoms with van der Waals surface area (Å²) in [5.41, 5.74) is 1.30. The molecule has 0 aliphatic carbocycles. The van der Waals surface area contributed by atoms with Crippen LogP contribution < -0.4 is 0 Å². The summed E-state index contributed by atoms with van der Waals surface area (Å²) in [5, 5.41) is 4.32. The van der Waals surface area contributed by atoms with Gasteiger partial charge in [0.25, 0.3) is 0 Å². The summed E-state index contributed by atoms with van der Waals surface area (Å²) in [7, 11) is 0. The maximum Gasteiger partial charge on any atom is 0.112 e. The molecule has 14 heavy (non-hydrogen) atoms. The first-order chi connectivity index (χ1) is 6.74. The van der Waals surface area contributed by atoms with Gasteiger partial charge in [-0.25, -0.2) is 4.98 Å². The minimum atomic E-state index is 1.09. The number of thiazole rings is 1. The molecule has 0 saturated heterocycles. The van der Waals surface area contributed by atoms with E-state index in [1.165, 1.54) is 10.5 Å². The normalized spacial score (nSPS) is 10.4. The third-order valence-corrected chi connectivity index (χ3v) is 3.69. The van der Waals surface area contributed by atoms with Gasteiger partial charge in [-0.05, 0) is 26.0 Å². The summed E-state index contributed by atoms with van der Waals surface area (Å²) in [6.45, 7) is 4.13. The summed E-state index contributed by atoms with van der Waals surface area (Å²) in [4.78, 5) is 5.66. The number of aromatic nitrogens is 1. The molecule has 0 aliphatic heterocycles. The second-order valence-electron chi connectivity index (χ2n) is 3.12. The molecule has 0 N–H and O–H groups in total. The fourth-order valence-electron chi connectivity index (χ4n) is 1.12. The molecule has 0 spiro atoms. The molecule has 0 atom stereocenters. The molecule has 0 unspecified atom stereocenters. The Morgan fingerprint density at radius 1 is 1.14 bits per heavy atom. The summed E-state index contributed by atoms with van der Waals surface area (Å²) in [6.07, 6.45) is 0. The fourth-order valence-corrected chi connectivity index (χ4v) is 2.68. The van der Waals surface area contributed by atoms with Crippen LogP contribution in [-0.2, 0) is 0 Å². The van der Waals surface area contributed by atoms with Crippen LogP contribution in [0.2, 0.25) is 0 Å². The van der Waals surface area contributed by atoms with Crippen molar-refractivity contribution in [2.24, 2.45) is 0 Å². The molecule has 1 aromatic carbocycles. The van der Waals surface area contributed by atoms with Crippen molar-refractivity contribution in [2.75, 3.05) is 0 Å². The highest BCUT2D eigenvalue weighted by Crippen LogP contribution is 2.28. The van der Waals surface area contributed by atoms with Crippen LogP contribution in [0.15, 0.2) is 39.6 Å². The Morgan fingerprint density at radius 3 is 2.43 bits per heavy atom. The Kier molecular flexibility index (Phi) is 2.89. The Balaban J connectivity index is 2.15. The van der Waals surface area contributed by atoms with E-state index in [2.05, 4.69) is 41.6 Å². The zero-order valence-electron chi connectivity index (χ0n) is 8.15. The first kappa shape index (κ1) is 9.74. The molecule has 0 bridgehead atoms. The van der Waals surface area contributed by atoms with Crippen LogP contribution in [0.4, 0.5) is 0 Å². The third-order valence-electron chi connectivity index (χ3n) is 1.84. The summed E-state index contributed by atoms with van der Waals surface area (Å²) in [6, 6.07) is 8.52. The molecule has 0 amide bonds. The molecule has 0 fully saturated rings. The first-order valence-corrected chi connectivity index (χ1v) is 6.10. The van der Waals surface area contributed by atoms with E-state index >= 15 is 0 Å². The van der Waals surface area contributed by atoms with Gasteiger partial charge in [-0.2, -0.15) is 0 Å². The van der Waals surface area contributed by atoms with E-state index in [1.54, 1.807) is 23.1 Å². The molecule has 1 aromatic heterocycles. The highest BCUT2D eigenvalue weighted by atomic mass is 32.2. The molecular formula is C11H11NS2. The van der Waals surface area contributed by atoms with E-state index in [4.69, 9.17) is 0 Å². The molecule has 1 nitrogen and oxygen atoms in total. The predicted octanol–water partition coefficient (Wildman–Crippen LogP) is 3.91. The van der Waals surface area contributed by atoms with Crippen molar-refractivity contribution in [3.05, 3.63) is 40.2 Å². The molecule has 0 saturated carbocycles. The van der Waals surface area contributed by atoms with E-state index in [1.807, 2.05) is 6.92 Å². The maximum atomic E-state index is 4.41. The van der Waals surface area contributed by atoms with E-state index in [0.717, 1.165) is 10.0 Å². The lowest BCUT2D eigenvalue weighted by Crippen LogP contribution is -1.75. The minimum absolute atomic E-state index is 1.09. The number of rotatable bonds is 2. The van der Waals surface area contributed by atoms with Gasteiger partial charge in [0.05, 0.1) is 5.01 Å². The number of nitrogens with zero attached hydrogens (tertiary/aromatic N) is 1. The van der Waals surface area contributed by atoms with Gasteiger partial charge in [-0.15, -0.1) is 11.3 Å². The number of hydrogen-bond acceptors (Lipinski definition) is 3. The van der Waals surface area contributed by atoms with E-state index in [9.17, 15) is 0 Å². The second-order valence-corrected chi connectivity index (χ2v) is 5.28. The van der Waals surface area contributed by atoms with Crippen molar-refractivity contribution in [2.45, 2.75) is 23.8 Å². The Hall–Kier alpha value is -0.800. The molecule has 0 aliphatic rings. The summed E-state index contributed by atoms with van der Waals surface area (Å²) >= 11 is 3.41. The molecular weight excluding hydrogens is 210 g/mol. The minimum Gasteiger partial charge on any atom is -0.235 e. The zero-order valence-corrected chi connectivity index (χ0v) is 9.78. The lowest BCUT2D eigenvalue weighted by atomic mass is 10.2. The van der Waals surface area contributed by atoms with E-state index in [-0.39, 0.29) is 0 Å². The molecule has 1 heterocycles. The fraction of sp³-hybridized carbons (Fsp3) is 0.182. The molecule has 72 valence electrons. The highest BCUT2D eigenvalue weighted by Gasteiger charge is 2.00. The van der Waals surface area contributed by atoms with Gasteiger partial charge in [0.1, 0.15) is 5.03 Å². The standard InChI is InChI=1S/C11H11NS2/c1-8-3-5-10(6-4-8)14-11-7-13-9(2)12-11/h3-7H,1-2H3. The molecule has 2 aromatic rings. The summed E-state index contributed by atoms with van der Waals surface area (Å²) < 4.78 is 0. The first-order valence-electron chi connectivity index (χ1n) is 4.41. The van der Waals surface area contributed by atoms with Gasteiger partial charge in [-0.1, -0.05) is 29.5 Å². The SMILES string of the molecule is Cc1ccc(Sc2csc(C)n2)cc1. The third kappa shape index (κ3) is 2.36. The van der Waals surface area contributed by atoms with Crippen LogP contribution in [-0.4, -0.2) is 4.98 Å². The van der Waals surface area contributed by atoms with Crippen LogP contribution in [0.5, 0.6) is 0 Å². The van der Waals surface area contributed by atoms with Crippen molar-refractivity contribution in [3.8, 4) is 0 Å². The van der Waals surface area contributed by atoms with Crippen molar-refractivity contribution in [1.29, 1.82) is 0 Å². The van der Waals surface area contributed by atoms with Gasteiger partial charge in [0.2, 0.25) is 0 Å². The lowest BCUT2D eigenvalue weighted by molar-refractivity contribution is 1.14. The highest BCUT2D eigenvalue weighted by molar-refractivity contribution is 7.99. The van der Waals surface area contributed by atoms with Crippen LogP contribution >= 0.6 is 23.1 Å². The van der Waals surface area contributed by atoms with Gasteiger partial charge in [0, 0.05) is 10.3 Å². The Labute approximate surface area is 92.2 Å². The number of aryl methyl sites for hydroxylation is 2. The zero-order chi connectivity index (χ0) is 9.97. The van der Waals surface area contributed by atoms with Crippen molar-refractivity contribution in [1.82, 2.24) is 4.98 Å². The van der Waals surface area contributed by atoms with Gasteiger partial charge >= 0.3 is 0 Å². The average molecular weight is 221 g/mol. The number of benzene rings is 1. The van der Waals surface area contributed by atoms with Gasteiger partial charge < -0.3 is 0 Å². The molecule has 2 rings (SSSR count). The summed E-state index contributed by atoms with van der Waals surface area (Å²) in [5.74, 6) is 0. The van der Waals surface area contributed by atoms with Crippen molar-refractivity contribution in [3.63, 3.8) is 0 Å². The molecule has 0 radical (unpaired) electrons. The average Bonchev–Trinajstić information content (AvgIpc) is 2.56. The smallest absolute Gasteiger partial charge is 0.112 e. The quantitative estimate of drug-likeness (QED) is 0.762. The number of hydrogen-bond donors (Lipinski definition) is 0. The van der Waals surface area contributed by atoms with Crippen molar-refractivity contribution < 1.29 is 0 Å². The maximum absolute atomic E-state index is 4.41.